The Hall–Kier alpha value is -1.62. The Labute approximate surface area is 196 Å². The number of hydrogen-bond donors (Lipinski definition) is 2. The molecule has 9 heteroatoms. The molecule has 3 heterocycles. The molecule has 0 spiro atoms. The van der Waals surface area contributed by atoms with Crippen LogP contribution in [-0.4, -0.2) is 73.2 Å². The van der Waals surface area contributed by atoms with Gasteiger partial charge in [0.05, 0.1) is 12.2 Å². The molecule has 0 bridgehead atoms. The van der Waals surface area contributed by atoms with Crippen molar-refractivity contribution in [3.05, 3.63) is 23.9 Å². The molecule has 1 amide bonds. The Balaban J connectivity index is 0.00000320. The number of halogens is 1. The number of anilines is 1. The van der Waals surface area contributed by atoms with E-state index in [1.807, 2.05) is 18.0 Å². The predicted octanol–water partition coefficient (Wildman–Crippen LogP) is 1.99. The van der Waals surface area contributed by atoms with Crippen molar-refractivity contribution in [3.8, 4) is 0 Å². The molecule has 3 unspecified atom stereocenters. The van der Waals surface area contributed by atoms with E-state index in [9.17, 15) is 4.79 Å². The van der Waals surface area contributed by atoms with Gasteiger partial charge in [0.15, 0.2) is 5.96 Å². The third-order valence-electron chi connectivity index (χ3n) is 5.42. The topological polar surface area (TPSA) is 82.1 Å². The largest absolute Gasteiger partial charge is 0.372 e. The Bertz CT molecular complexity index is 704. The Kier molecular flexibility index (Phi) is 9.60. The first kappa shape index (κ1) is 24.6. The lowest BCUT2D eigenvalue weighted by molar-refractivity contribution is -0.129. The fourth-order valence-corrected chi connectivity index (χ4v) is 3.98. The maximum absolute atomic E-state index is 11.8. The molecule has 2 fully saturated rings. The number of rotatable bonds is 5. The molecule has 0 saturated carbocycles. The van der Waals surface area contributed by atoms with E-state index >= 15 is 0 Å². The summed E-state index contributed by atoms with van der Waals surface area (Å²) in [6, 6.07) is 4.41. The summed E-state index contributed by atoms with van der Waals surface area (Å²) in [5.41, 5.74) is 1.10. The number of nitrogens with zero attached hydrogens (tertiary/aromatic N) is 4. The number of amides is 1. The van der Waals surface area contributed by atoms with E-state index in [-0.39, 0.29) is 48.1 Å². The first-order valence-electron chi connectivity index (χ1n) is 10.6. The molecule has 1 aromatic heterocycles. The van der Waals surface area contributed by atoms with Gasteiger partial charge < -0.3 is 25.2 Å². The second-order valence-corrected chi connectivity index (χ2v) is 7.94. The van der Waals surface area contributed by atoms with Crippen molar-refractivity contribution in [1.82, 2.24) is 20.5 Å². The molecule has 2 N–H and O–H groups in total. The minimum Gasteiger partial charge on any atom is -0.372 e. The summed E-state index contributed by atoms with van der Waals surface area (Å²) in [4.78, 5) is 25.0. The molecule has 0 aromatic carbocycles. The third kappa shape index (κ3) is 6.69. The summed E-state index contributed by atoms with van der Waals surface area (Å²) in [5.74, 6) is 1.96. The van der Waals surface area contributed by atoms with Crippen molar-refractivity contribution in [1.29, 1.82) is 0 Å². The summed E-state index contributed by atoms with van der Waals surface area (Å²) in [6.45, 7) is 10.0. The first-order chi connectivity index (χ1) is 14.0. The molecule has 8 nitrogen and oxygen atoms in total. The average molecular weight is 530 g/mol. The Morgan fingerprint density at radius 2 is 2.00 bits per heavy atom. The van der Waals surface area contributed by atoms with E-state index in [0.29, 0.717) is 13.0 Å². The van der Waals surface area contributed by atoms with E-state index < -0.39 is 0 Å². The van der Waals surface area contributed by atoms with Gasteiger partial charge in [-0.1, -0.05) is 13.0 Å². The summed E-state index contributed by atoms with van der Waals surface area (Å²) >= 11 is 0. The summed E-state index contributed by atoms with van der Waals surface area (Å²) in [7, 11) is 1.77. The molecule has 30 heavy (non-hydrogen) atoms. The number of morpholine rings is 1. The summed E-state index contributed by atoms with van der Waals surface area (Å²) in [5, 5.41) is 6.77. The number of pyridine rings is 1. The number of carbonyl (C=O) groups is 1. The van der Waals surface area contributed by atoms with Crippen molar-refractivity contribution in [2.45, 2.75) is 58.4 Å². The zero-order valence-electron chi connectivity index (χ0n) is 18.4. The highest BCUT2D eigenvalue weighted by Crippen LogP contribution is 2.18. The van der Waals surface area contributed by atoms with Gasteiger partial charge >= 0.3 is 0 Å². The maximum atomic E-state index is 11.8. The van der Waals surface area contributed by atoms with Crippen LogP contribution >= 0.6 is 24.0 Å². The number of aliphatic imine (C=N–C) groups is 1. The van der Waals surface area contributed by atoms with E-state index in [2.05, 4.69) is 51.5 Å². The highest BCUT2D eigenvalue weighted by Gasteiger charge is 2.26. The molecule has 3 atom stereocenters. The molecule has 3 rings (SSSR count). The molecular formula is C21H35IN6O2. The van der Waals surface area contributed by atoms with Crippen LogP contribution in [0.4, 0.5) is 5.82 Å². The number of aromatic nitrogens is 1. The average Bonchev–Trinajstić information content (AvgIpc) is 3.18. The van der Waals surface area contributed by atoms with Crippen LogP contribution in [0.5, 0.6) is 0 Å². The molecule has 1 aromatic rings. The number of carbonyl (C=O) groups excluding carboxylic acids is 1. The molecular weight excluding hydrogens is 495 g/mol. The molecule has 0 aliphatic carbocycles. The van der Waals surface area contributed by atoms with Gasteiger partial charge in [0.1, 0.15) is 5.82 Å². The van der Waals surface area contributed by atoms with Crippen molar-refractivity contribution in [2.75, 3.05) is 38.1 Å². The van der Waals surface area contributed by atoms with Crippen molar-refractivity contribution in [3.63, 3.8) is 0 Å². The fraction of sp³-hybridized carbons (Fsp3) is 0.667. The van der Waals surface area contributed by atoms with Crippen LogP contribution in [0.2, 0.25) is 0 Å². The minimum atomic E-state index is 0. The number of hydrogen-bond acceptors (Lipinski definition) is 5. The van der Waals surface area contributed by atoms with Crippen LogP contribution in [0, 0.1) is 0 Å². The molecule has 2 aliphatic rings. The lowest BCUT2D eigenvalue weighted by Gasteiger charge is -2.36. The second kappa shape index (κ2) is 11.7. The van der Waals surface area contributed by atoms with Crippen LogP contribution in [0.25, 0.3) is 0 Å². The van der Waals surface area contributed by atoms with Crippen molar-refractivity contribution in [2.24, 2.45) is 4.99 Å². The molecule has 2 aliphatic heterocycles. The monoisotopic (exact) mass is 530 g/mol. The van der Waals surface area contributed by atoms with Crippen LogP contribution in [0.1, 0.15) is 39.2 Å². The van der Waals surface area contributed by atoms with E-state index in [4.69, 9.17) is 4.74 Å². The summed E-state index contributed by atoms with van der Waals surface area (Å²) in [6.07, 6.45) is 3.85. The molecule has 2 saturated heterocycles. The van der Waals surface area contributed by atoms with Crippen molar-refractivity contribution >= 4 is 41.7 Å². The van der Waals surface area contributed by atoms with Gasteiger partial charge in [0.25, 0.3) is 0 Å². The van der Waals surface area contributed by atoms with E-state index in [1.165, 1.54) is 0 Å². The summed E-state index contributed by atoms with van der Waals surface area (Å²) < 4.78 is 5.80. The molecule has 168 valence electrons. The van der Waals surface area contributed by atoms with E-state index in [0.717, 1.165) is 49.9 Å². The first-order valence-corrected chi connectivity index (χ1v) is 10.6. The number of guanidine groups is 1. The van der Waals surface area contributed by atoms with Crippen LogP contribution in [-0.2, 0) is 16.1 Å². The van der Waals surface area contributed by atoms with Crippen molar-refractivity contribution < 1.29 is 9.53 Å². The van der Waals surface area contributed by atoms with Gasteiger partial charge in [0, 0.05) is 58.4 Å². The van der Waals surface area contributed by atoms with Gasteiger partial charge in [-0.05, 0) is 31.9 Å². The normalized spacial score (nSPS) is 24.4. The highest BCUT2D eigenvalue weighted by molar-refractivity contribution is 14.0. The number of nitrogens with one attached hydrogen (secondary N) is 2. The minimum absolute atomic E-state index is 0. The number of ether oxygens (including phenoxy) is 1. The van der Waals surface area contributed by atoms with Gasteiger partial charge in [-0.15, -0.1) is 24.0 Å². The zero-order valence-corrected chi connectivity index (χ0v) is 20.8. The van der Waals surface area contributed by atoms with Crippen LogP contribution in [0.3, 0.4) is 0 Å². The molecule has 0 radical (unpaired) electrons. The lowest BCUT2D eigenvalue weighted by atomic mass is 10.2. The highest BCUT2D eigenvalue weighted by atomic mass is 127. The fourth-order valence-electron chi connectivity index (χ4n) is 3.98. The van der Waals surface area contributed by atoms with E-state index in [1.54, 1.807) is 7.05 Å². The lowest BCUT2D eigenvalue weighted by Crippen LogP contribution is -2.46. The quantitative estimate of drug-likeness (QED) is 0.345. The second-order valence-electron chi connectivity index (χ2n) is 7.94. The standard InChI is InChI=1S/C21H34N6O2.HI/c1-5-20(28)26-9-8-18(14-26)25-21(22-4)24-11-17-6-7-19(23-10-17)27-12-15(2)29-16(3)13-27;/h6-7,10,15-16,18H,5,8-9,11-14H2,1-4H3,(H2,22,24,25);1H. The Morgan fingerprint density at radius 1 is 1.27 bits per heavy atom. The smallest absolute Gasteiger partial charge is 0.222 e. The van der Waals surface area contributed by atoms with Gasteiger partial charge in [-0.25, -0.2) is 4.98 Å². The van der Waals surface area contributed by atoms with Crippen LogP contribution < -0.4 is 15.5 Å². The van der Waals surface area contributed by atoms with Gasteiger partial charge in [-0.2, -0.15) is 0 Å². The zero-order chi connectivity index (χ0) is 20.8. The van der Waals surface area contributed by atoms with Gasteiger partial charge in [-0.3, -0.25) is 9.79 Å². The Morgan fingerprint density at radius 3 is 2.60 bits per heavy atom. The third-order valence-corrected chi connectivity index (χ3v) is 5.42. The SMILES string of the molecule is CCC(=O)N1CCC(NC(=NC)NCc2ccc(N3CC(C)OC(C)C3)nc2)C1.I. The number of likely N-dealkylation sites (tertiary alicyclic amines) is 1. The van der Waals surface area contributed by atoms with Gasteiger partial charge in [0.2, 0.25) is 5.91 Å². The maximum Gasteiger partial charge on any atom is 0.222 e. The predicted molar refractivity (Wildman–Crippen MR) is 130 cm³/mol. The van der Waals surface area contributed by atoms with Crippen LogP contribution in [0.15, 0.2) is 23.3 Å².